The minimum atomic E-state index is -0.447. The molecule has 0 aromatic carbocycles. The first-order chi connectivity index (χ1) is 8.37. The Hall–Kier alpha value is -0.160. The summed E-state index contributed by atoms with van der Waals surface area (Å²) in [6.45, 7) is 13.6. The van der Waals surface area contributed by atoms with Gasteiger partial charge in [-0.15, -0.1) is 0 Å². The smallest absolute Gasteiger partial charge is 0.0897 e. The van der Waals surface area contributed by atoms with Gasteiger partial charge in [0, 0.05) is 13.1 Å². The Kier molecular flexibility index (Phi) is 9.64. The highest BCUT2D eigenvalue weighted by molar-refractivity contribution is 4.70. The SMILES string of the molecule is CCC(C)(C)CNCC(O)COCCOC(C)C. The van der Waals surface area contributed by atoms with Crippen molar-refractivity contribution >= 4 is 0 Å². The van der Waals surface area contributed by atoms with E-state index in [1.807, 2.05) is 13.8 Å². The summed E-state index contributed by atoms with van der Waals surface area (Å²) >= 11 is 0. The molecule has 110 valence electrons. The molecule has 0 spiro atoms. The molecule has 4 heteroatoms. The minimum absolute atomic E-state index is 0.233. The van der Waals surface area contributed by atoms with E-state index in [9.17, 15) is 5.11 Å². The second-order valence-corrected chi connectivity index (χ2v) is 5.80. The van der Waals surface area contributed by atoms with Gasteiger partial charge in [0.05, 0.1) is 32.0 Å². The standard InChI is InChI=1S/C14H31NO3/c1-6-14(4,5)11-15-9-13(16)10-17-7-8-18-12(2)3/h12-13,15-16H,6-11H2,1-5H3. The largest absolute Gasteiger partial charge is 0.389 e. The Bertz CT molecular complexity index is 195. The van der Waals surface area contributed by atoms with Crippen molar-refractivity contribution in [2.75, 3.05) is 32.9 Å². The van der Waals surface area contributed by atoms with Gasteiger partial charge in [0.2, 0.25) is 0 Å². The van der Waals surface area contributed by atoms with Gasteiger partial charge in [-0.3, -0.25) is 0 Å². The molecule has 0 bridgehead atoms. The quantitative estimate of drug-likeness (QED) is 0.557. The van der Waals surface area contributed by atoms with E-state index < -0.39 is 6.10 Å². The molecule has 0 rings (SSSR count). The van der Waals surface area contributed by atoms with Crippen LogP contribution in [0.2, 0.25) is 0 Å². The number of aliphatic hydroxyl groups excluding tert-OH is 1. The van der Waals surface area contributed by atoms with Crippen LogP contribution in [0.4, 0.5) is 0 Å². The average molecular weight is 261 g/mol. The summed E-state index contributed by atoms with van der Waals surface area (Å²) in [4.78, 5) is 0. The first kappa shape index (κ1) is 17.8. The highest BCUT2D eigenvalue weighted by atomic mass is 16.5. The van der Waals surface area contributed by atoms with Crippen molar-refractivity contribution < 1.29 is 14.6 Å². The molecule has 0 radical (unpaired) electrons. The van der Waals surface area contributed by atoms with E-state index in [1.165, 1.54) is 0 Å². The number of hydrogen-bond donors (Lipinski definition) is 2. The number of rotatable bonds is 11. The Morgan fingerprint density at radius 2 is 1.89 bits per heavy atom. The van der Waals surface area contributed by atoms with Crippen LogP contribution in [-0.2, 0) is 9.47 Å². The predicted octanol–water partition coefficient (Wildman–Crippen LogP) is 1.81. The molecule has 0 amide bonds. The van der Waals surface area contributed by atoms with Crippen LogP contribution in [0.15, 0.2) is 0 Å². The maximum atomic E-state index is 9.70. The number of hydrogen-bond acceptors (Lipinski definition) is 4. The van der Waals surface area contributed by atoms with Crippen molar-refractivity contribution in [1.82, 2.24) is 5.32 Å². The highest BCUT2D eigenvalue weighted by Crippen LogP contribution is 2.17. The van der Waals surface area contributed by atoms with E-state index >= 15 is 0 Å². The summed E-state index contributed by atoms with van der Waals surface area (Å²) in [6, 6.07) is 0. The lowest BCUT2D eigenvalue weighted by atomic mass is 9.90. The zero-order chi connectivity index (χ0) is 14.0. The van der Waals surface area contributed by atoms with Gasteiger partial charge in [-0.1, -0.05) is 20.8 Å². The molecule has 0 saturated carbocycles. The fourth-order valence-corrected chi connectivity index (χ4v) is 1.32. The maximum absolute atomic E-state index is 9.70. The van der Waals surface area contributed by atoms with Crippen LogP contribution in [0.1, 0.15) is 41.0 Å². The summed E-state index contributed by atoms with van der Waals surface area (Å²) in [5.41, 5.74) is 0.283. The normalized spacial score (nSPS) is 14.2. The van der Waals surface area contributed by atoms with Gasteiger partial charge in [0.1, 0.15) is 0 Å². The van der Waals surface area contributed by atoms with Crippen LogP contribution in [0.25, 0.3) is 0 Å². The van der Waals surface area contributed by atoms with E-state index in [2.05, 4.69) is 26.1 Å². The van der Waals surface area contributed by atoms with Gasteiger partial charge in [-0.2, -0.15) is 0 Å². The third-order valence-corrected chi connectivity index (χ3v) is 2.93. The van der Waals surface area contributed by atoms with Crippen LogP contribution in [-0.4, -0.2) is 50.2 Å². The molecule has 0 aliphatic heterocycles. The van der Waals surface area contributed by atoms with Crippen LogP contribution < -0.4 is 5.32 Å². The van der Waals surface area contributed by atoms with Crippen molar-refractivity contribution in [1.29, 1.82) is 0 Å². The van der Waals surface area contributed by atoms with E-state index in [1.54, 1.807) is 0 Å². The molecule has 0 heterocycles. The molecule has 0 aliphatic rings. The topological polar surface area (TPSA) is 50.7 Å². The lowest BCUT2D eigenvalue weighted by molar-refractivity contribution is -0.0103. The molecule has 0 aromatic rings. The molecule has 0 aliphatic carbocycles. The van der Waals surface area contributed by atoms with Crippen LogP contribution in [0.3, 0.4) is 0 Å². The van der Waals surface area contributed by atoms with Crippen molar-refractivity contribution in [3.63, 3.8) is 0 Å². The monoisotopic (exact) mass is 261 g/mol. The zero-order valence-corrected chi connectivity index (χ0v) is 12.7. The third-order valence-electron chi connectivity index (χ3n) is 2.93. The number of nitrogens with one attached hydrogen (secondary N) is 1. The summed E-state index contributed by atoms with van der Waals surface area (Å²) in [6.07, 6.45) is 0.909. The van der Waals surface area contributed by atoms with Gasteiger partial charge in [0.25, 0.3) is 0 Å². The van der Waals surface area contributed by atoms with Crippen LogP contribution >= 0.6 is 0 Å². The van der Waals surface area contributed by atoms with Gasteiger partial charge < -0.3 is 19.9 Å². The second-order valence-electron chi connectivity index (χ2n) is 5.80. The summed E-state index contributed by atoms with van der Waals surface area (Å²) in [5, 5.41) is 13.0. The van der Waals surface area contributed by atoms with Crippen LogP contribution in [0.5, 0.6) is 0 Å². The van der Waals surface area contributed by atoms with E-state index in [0.29, 0.717) is 26.4 Å². The Balaban J connectivity index is 3.40. The van der Waals surface area contributed by atoms with Crippen molar-refractivity contribution in [3.05, 3.63) is 0 Å². The summed E-state index contributed by atoms with van der Waals surface area (Å²) < 4.78 is 10.7. The molecule has 1 atom stereocenters. The van der Waals surface area contributed by atoms with Crippen molar-refractivity contribution in [2.24, 2.45) is 5.41 Å². The lowest BCUT2D eigenvalue weighted by Gasteiger charge is -2.24. The predicted molar refractivity (Wildman–Crippen MR) is 74.9 cm³/mol. The fourth-order valence-electron chi connectivity index (χ4n) is 1.32. The summed E-state index contributed by atoms with van der Waals surface area (Å²) in [5.74, 6) is 0. The first-order valence-electron chi connectivity index (χ1n) is 6.95. The summed E-state index contributed by atoms with van der Waals surface area (Å²) in [7, 11) is 0. The first-order valence-corrected chi connectivity index (χ1v) is 6.95. The van der Waals surface area contributed by atoms with E-state index in [4.69, 9.17) is 9.47 Å². The molecule has 4 nitrogen and oxygen atoms in total. The molecule has 18 heavy (non-hydrogen) atoms. The van der Waals surface area contributed by atoms with Gasteiger partial charge in [0.15, 0.2) is 0 Å². The molecular weight excluding hydrogens is 230 g/mol. The third kappa shape index (κ3) is 11.0. The molecule has 2 N–H and O–H groups in total. The van der Waals surface area contributed by atoms with E-state index in [0.717, 1.165) is 13.0 Å². The van der Waals surface area contributed by atoms with Crippen molar-refractivity contribution in [3.8, 4) is 0 Å². The number of ether oxygens (including phenoxy) is 2. The number of aliphatic hydroxyl groups is 1. The maximum Gasteiger partial charge on any atom is 0.0897 e. The lowest BCUT2D eigenvalue weighted by Crippen LogP contribution is -2.36. The molecular formula is C14H31NO3. The molecule has 0 aromatic heterocycles. The Morgan fingerprint density at radius 3 is 2.44 bits per heavy atom. The minimum Gasteiger partial charge on any atom is -0.389 e. The van der Waals surface area contributed by atoms with Gasteiger partial charge in [-0.25, -0.2) is 0 Å². The van der Waals surface area contributed by atoms with E-state index in [-0.39, 0.29) is 11.5 Å². The van der Waals surface area contributed by atoms with Gasteiger partial charge in [-0.05, 0) is 25.7 Å². The van der Waals surface area contributed by atoms with Crippen LogP contribution in [0, 0.1) is 5.41 Å². The fraction of sp³-hybridized carbons (Fsp3) is 1.00. The second kappa shape index (κ2) is 9.73. The molecule has 0 fully saturated rings. The Labute approximate surface area is 112 Å². The Morgan fingerprint density at radius 1 is 1.22 bits per heavy atom. The van der Waals surface area contributed by atoms with Crippen molar-refractivity contribution in [2.45, 2.75) is 53.2 Å². The molecule has 1 unspecified atom stereocenters. The zero-order valence-electron chi connectivity index (χ0n) is 12.7. The highest BCUT2D eigenvalue weighted by Gasteiger charge is 2.14. The van der Waals surface area contributed by atoms with Gasteiger partial charge >= 0.3 is 0 Å². The average Bonchev–Trinajstić information content (AvgIpc) is 2.28. The molecule has 0 saturated heterocycles.